The van der Waals surface area contributed by atoms with Crippen LogP contribution in [-0.4, -0.2) is 39.2 Å². The molecule has 1 fully saturated rings. The molecule has 0 bridgehead atoms. The molecule has 2 rings (SSSR count). The van der Waals surface area contributed by atoms with Crippen LogP contribution in [0.1, 0.15) is 28.0 Å². The van der Waals surface area contributed by atoms with Crippen LogP contribution in [0.3, 0.4) is 0 Å². The van der Waals surface area contributed by atoms with Crippen LogP contribution >= 0.6 is 11.8 Å². The Kier molecular flexibility index (Phi) is 3.49. The summed E-state index contributed by atoms with van der Waals surface area (Å²) in [4.78, 5) is 19.1. The molecule has 1 aromatic rings. The summed E-state index contributed by atoms with van der Waals surface area (Å²) in [6.45, 7) is 2.26. The predicted molar refractivity (Wildman–Crippen MR) is 64.2 cm³/mol. The van der Waals surface area contributed by atoms with Crippen molar-refractivity contribution in [3.8, 4) is 0 Å². The molecular weight excluding hydrogens is 242 g/mol. The number of hydrogen-bond donors (Lipinski definition) is 2. The molecule has 0 saturated carbocycles. The molecule has 0 spiro atoms. The van der Waals surface area contributed by atoms with Crippen LogP contribution in [0.2, 0.25) is 0 Å². The van der Waals surface area contributed by atoms with E-state index in [1.54, 1.807) is 18.7 Å². The van der Waals surface area contributed by atoms with Crippen molar-refractivity contribution >= 4 is 23.5 Å². The first-order valence-corrected chi connectivity index (χ1v) is 6.31. The van der Waals surface area contributed by atoms with Gasteiger partial charge in [-0.3, -0.25) is 0 Å². The molecule has 1 aliphatic heterocycles. The highest BCUT2D eigenvalue weighted by Gasteiger charge is 2.23. The average Bonchev–Trinajstić information content (AvgIpc) is 2.28. The molecular formula is C10H13N3O3S. The quantitative estimate of drug-likeness (QED) is 0.809. The summed E-state index contributed by atoms with van der Waals surface area (Å²) in [6.07, 6.45) is -0.197. The summed E-state index contributed by atoms with van der Waals surface area (Å²) >= 11 is 1.76. The van der Waals surface area contributed by atoms with Gasteiger partial charge in [-0.05, 0) is 6.92 Å². The zero-order valence-corrected chi connectivity index (χ0v) is 10.2. The summed E-state index contributed by atoms with van der Waals surface area (Å²) in [7, 11) is 0. The SMILES string of the molecule is Cc1nc(C2CSCCO2)nc(N)c1C(=O)O. The van der Waals surface area contributed by atoms with Crippen LogP contribution < -0.4 is 5.73 Å². The minimum atomic E-state index is -1.11. The predicted octanol–water partition coefficient (Wildman–Crippen LogP) is 0.870. The molecule has 0 aromatic carbocycles. The molecule has 1 aromatic heterocycles. The van der Waals surface area contributed by atoms with Gasteiger partial charge in [0.1, 0.15) is 17.5 Å². The summed E-state index contributed by atoms with van der Waals surface area (Å²) in [5.74, 6) is 1.09. The highest BCUT2D eigenvalue weighted by Crippen LogP contribution is 2.26. The minimum Gasteiger partial charge on any atom is -0.477 e. The van der Waals surface area contributed by atoms with Gasteiger partial charge in [-0.1, -0.05) is 0 Å². The van der Waals surface area contributed by atoms with Crippen LogP contribution in [0.5, 0.6) is 0 Å². The number of rotatable bonds is 2. The van der Waals surface area contributed by atoms with Crippen molar-refractivity contribution in [2.24, 2.45) is 0 Å². The number of thioether (sulfide) groups is 1. The van der Waals surface area contributed by atoms with Crippen LogP contribution in [-0.2, 0) is 4.74 Å². The van der Waals surface area contributed by atoms with E-state index in [1.807, 2.05) is 0 Å². The Hall–Kier alpha value is -1.34. The first-order chi connectivity index (χ1) is 8.09. The van der Waals surface area contributed by atoms with Gasteiger partial charge in [0.15, 0.2) is 5.82 Å². The molecule has 3 N–H and O–H groups in total. The fourth-order valence-electron chi connectivity index (χ4n) is 1.66. The number of ether oxygens (including phenoxy) is 1. The van der Waals surface area contributed by atoms with E-state index in [0.29, 0.717) is 18.1 Å². The Morgan fingerprint density at radius 1 is 1.59 bits per heavy atom. The third-order valence-electron chi connectivity index (χ3n) is 2.45. The maximum atomic E-state index is 10.9. The van der Waals surface area contributed by atoms with E-state index in [1.165, 1.54) is 0 Å². The molecule has 92 valence electrons. The summed E-state index contributed by atoms with van der Waals surface area (Å²) in [6, 6.07) is 0. The summed E-state index contributed by atoms with van der Waals surface area (Å²) in [5.41, 5.74) is 5.98. The zero-order chi connectivity index (χ0) is 12.4. The average molecular weight is 255 g/mol. The molecule has 1 unspecified atom stereocenters. The van der Waals surface area contributed by atoms with Gasteiger partial charge in [0.05, 0.1) is 12.3 Å². The van der Waals surface area contributed by atoms with Crippen LogP contribution in [0.4, 0.5) is 5.82 Å². The molecule has 1 atom stereocenters. The van der Waals surface area contributed by atoms with Crippen molar-refractivity contribution in [3.05, 3.63) is 17.1 Å². The number of nitrogen functional groups attached to an aromatic ring is 1. The van der Waals surface area contributed by atoms with Gasteiger partial charge in [0.25, 0.3) is 0 Å². The molecule has 0 radical (unpaired) electrons. The summed E-state index contributed by atoms with van der Waals surface area (Å²) in [5, 5.41) is 8.95. The number of aromatic nitrogens is 2. The number of nitrogens with two attached hydrogens (primary N) is 1. The molecule has 2 heterocycles. The Bertz CT molecular complexity index is 423. The molecule has 0 amide bonds. The monoisotopic (exact) mass is 255 g/mol. The summed E-state index contributed by atoms with van der Waals surface area (Å²) < 4.78 is 5.53. The molecule has 1 aliphatic rings. The number of hydrogen-bond acceptors (Lipinski definition) is 6. The maximum absolute atomic E-state index is 10.9. The molecule has 0 aliphatic carbocycles. The van der Waals surface area contributed by atoms with E-state index in [4.69, 9.17) is 15.6 Å². The van der Waals surface area contributed by atoms with Crippen molar-refractivity contribution in [1.82, 2.24) is 9.97 Å². The van der Waals surface area contributed by atoms with E-state index in [0.717, 1.165) is 11.5 Å². The first-order valence-electron chi connectivity index (χ1n) is 5.16. The Morgan fingerprint density at radius 2 is 2.35 bits per heavy atom. The largest absolute Gasteiger partial charge is 0.477 e. The van der Waals surface area contributed by atoms with Crippen molar-refractivity contribution in [1.29, 1.82) is 0 Å². The lowest BCUT2D eigenvalue weighted by molar-refractivity contribution is 0.0673. The first kappa shape index (κ1) is 12.1. The maximum Gasteiger partial charge on any atom is 0.341 e. The standard InChI is InChI=1S/C10H13N3O3S/c1-5-7(10(14)15)8(11)13-9(12-5)6-4-17-3-2-16-6/h6H,2-4H2,1H3,(H,14,15)(H2,11,12,13). The second-order valence-corrected chi connectivity index (χ2v) is 4.82. The number of aryl methyl sites for hydroxylation is 1. The number of carboxylic acids is 1. The van der Waals surface area contributed by atoms with Crippen LogP contribution in [0, 0.1) is 6.92 Å². The van der Waals surface area contributed by atoms with Gasteiger partial charge in [-0.25, -0.2) is 14.8 Å². The lowest BCUT2D eigenvalue weighted by Crippen LogP contribution is -2.20. The second kappa shape index (κ2) is 4.89. The zero-order valence-electron chi connectivity index (χ0n) is 9.34. The van der Waals surface area contributed by atoms with Gasteiger partial charge in [0.2, 0.25) is 0 Å². The van der Waals surface area contributed by atoms with Gasteiger partial charge in [-0.2, -0.15) is 11.8 Å². The fourth-order valence-corrected chi connectivity index (χ4v) is 2.50. The Balaban J connectivity index is 2.34. The number of nitrogens with zero attached hydrogens (tertiary/aromatic N) is 2. The van der Waals surface area contributed by atoms with Gasteiger partial charge in [0, 0.05) is 11.5 Å². The Labute approximate surface area is 103 Å². The van der Waals surface area contributed by atoms with Gasteiger partial charge in [-0.15, -0.1) is 0 Å². The number of aromatic carboxylic acids is 1. The second-order valence-electron chi connectivity index (χ2n) is 3.67. The molecule has 1 saturated heterocycles. The number of carboxylic acid groups (broad SMARTS) is 1. The van der Waals surface area contributed by atoms with E-state index >= 15 is 0 Å². The third kappa shape index (κ3) is 2.50. The molecule has 6 nitrogen and oxygen atoms in total. The normalized spacial score (nSPS) is 20.2. The highest BCUT2D eigenvalue weighted by molar-refractivity contribution is 7.99. The topological polar surface area (TPSA) is 98.3 Å². The van der Waals surface area contributed by atoms with Crippen molar-refractivity contribution < 1.29 is 14.6 Å². The number of anilines is 1. The van der Waals surface area contributed by atoms with Crippen LogP contribution in [0.15, 0.2) is 0 Å². The third-order valence-corrected chi connectivity index (χ3v) is 3.45. The lowest BCUT2D eigenvalue weighted by Gasteiger charge is -2.21. The van der Waals surface area contributed by atoms with Crippen LogP contribution in [0.25, 0.3) is 0 Å². The van der Waals surface area contributed by atoms with E-state index in [2.05, 4.69) is 9.97 Å². The van der Waals surface area contributed by atoms with Gasteiger partial charge >= 0.3 is 5.97 Å². The highest BCUT2D eigenvalue weighted by atomic mass is 32.2. The number of carbonyl (C=O) groups is 1. The Morgan fingerprint density at radius 3 is 2.88 bits per heavy atom. The van der Waals surface area contributed by atoms with E-state index < -0.39 is 5.97 Å². The van der Waals surface area contributed by atoms with Crippen molar-refractivity contribution in [3.63, 3.8) is 0 Å². The molecule has 17 heavy (non-hydrogen) atoms. The van der Waals surface area contributed by atoms with E-state index in [9.17, 15) is 4.79 Å². The van der Waals surface area contributed by atoms with Crippen molar-refractivity contribution in [2.75, 3.05) is 23.8 Å². The minimum absolute atomic E-state index is 0.000765. The fraction of sp³-hybridized carbons (Fsp3) is 0.500. The molecule has 7 heteroatoms. The van der Waals surface area contributed by atoms with Gasteiger partial charge < -0.3 is 15.6 Å². The van der Waals surface area contributed by atoms with Crippen molar-refractivity contribution in [2.45, 2.75) is 13.0 Å². The van der Waals surface area contributed by atoms with E-state index in [-0.39, 0.29) is 17.5 Å². The lowest BCUT2D eigenvalue weighted by atomic mass is 10.2. The smallest absolute Gasteiger partial charge is 0.341 e.